The number of ether oxygens (including phenoxy) is 1. The van der Waals surface area contributed by atoms with Gasteiger partial charge in [0.25, 0.3) is 0 Å². The van der Waals surface area contributed by atoms with Gasteiger partial charge >= 0.3 is 5.97 Å². The first-order chi connectivity index (χ1) is 13.2. The number of pyridine rings is 1. The lowest BCUT2D eigenvalue weighted by Gasteiger charge is -2.47. The van der Waals surface area contributed by atoms with Crippen molar-refractivity contribution in [3.05, 3.63) is 34.6 Å². The third-order valence-corrected chi connectivity index (χ3v) is 6.61. The first-order valence-corrected chi connectivity index (χ1v) is 11.3. The van der Waals surface area contributed by atoms with Crippen molar-refractivity contribution in [2.75, 3.05) is 0 Å². The Morgan fingerprint density at radius 1 is 1.32 bits per heavy atom. The van der Waals surface area contributed by atoms with E-state index in [9.17, 15) is 4.79 Å². The average Bonchev–Trinajstić information content (AvgIpc) is 2.61. The van der Waals surface area contributed by atoms with Crippen molar-refractivity contribution in [1.29, 1.82) is 0 Å². The molecule has 0 saturated heterocycles. The standard InChI is InChI=1S/C23H33BrN2O2/c1-23(2,3)28-22(27)13-20-19(11-10-17-9-8-16(24)14-26-17)18-7-5-4-6-15(18)12-21(20)25/h8-11,14-15,18-21H,4-7,12-13,25H2,1-3H3/b11-10+/t15-,18+,19-,20+,21+/m0/s1. The number of carbonyl (C=O) groups is 1. The molecule has 1 aromatic heterocycles. The maximum Gasteiger partial charge on any atom is 0.306 e. The Kier molecular flexibility index (Phi) is 6.98. The normalized spacial score (nSPS) is 30.8. The fraction of sp³-hybridized carbons (Fsp3) is 0.652. The summed E-state index contributed by atoms with van der Waals surface area (Å²) in [5.41, 5.74) is 7.09. The van der Waals surface area contributed by atoms with E-state index < -0.39 is 5.60 Å². The van der Waals surface area contributed by atoms with Gasteiger partial charge in [-0.1, -0.05) is 25.3 Å². The van der Waals surface area contributed by atoms with Crippen LogP contribution in [0.4, 0.5) is 0 Å². The molecule has 2 N–H and O–H groups in total. The molecule has 4 nitrogen and oxygen atoms in total. The van der Waals surface area contributed by atoms with Crippen LogP contribution in [0.2, 0.25) is 0 Å². The molecule has 2 saturated carbocycles. The van der Waals surface area contributed by atoms with Crippen LogP contribution >= 0.6 is 15.9 Å². The van der Waals surface area contributed by atoms with Gasteiger partial charge in [0, 0.05) is 16.7 Å². The first kappa shape index (κ1) is 21.5. The van der Waals surface area contributed by atoms with Crippen LogP contribution in [0, 0.1) is 23.7 Å². The summed E-state index contributed by atoms with van der Waals surface area (Å²) in [6, 6.07) is 4.05. The fourth-order valence-electron chi connectivity index (χ4n) is 5.01. The van der Waals surface area contributed by atoms with E-state index >= 15 is 0 Å². The summed E-state index contributed by atoms with van der Waals surface area (Å²) < 4.78 is 6.58. The molecule has 0 aliphatic heterocycles. The van der Waals surface area contributed by atoms with Gasteiger partial charge in [0.2, 0.25) is 0 Å². The summed E-state index contributed by atoms with van der Waals surface area (Å²) >= 11 is 3.43. The van der Waals surface area contributed by atoms with Crippen LogP contribution in [-0.4, -0.2) is 22.6 Å². The molecule has 2 aliphatic carbocycles. The Labute approximate surface area is 177 Å². The maximum absolute atomic E-state index is 12.6. The van der Waals surface area contributed by atoms with Crippen molar-refractivity contribution in [2.24, 2.45) is 29.4 Å². The number of esters is 1. The van der Waals surface area contributed by atoms with E-state index in [-0.39, 0.29) is 17.9 Å². The molecular formula is C23H33BrN2O2. The van der Waals surface area contributed by atoms with Crippen molar-refractivity contribution in [3.8, 4) is 0 Å². The average molecular weight is 449 g/mol. The Balaban J connectivity index is 1.81. The third kappa shape index (κ3) is 5.66. The molecule has 3 rings (SSSR count). The van der Waals surface area contributed by atoms with Gasteiger partial charge in [-0.2, -0.15) is 0 Å². The predicted molar refractivity (Wildman–Crippen MR) is 116 cm³/mol. The maximum atomic E-state index is 12.6. The smallest absolute Gasteiger partial charge is 0.306 e. The zero-order valence-corrected chi connectivity index (χ0v) is 18.8. The SMILES string of the molecule is CC(C)(C)OC(=O)C[C@@H]1[C@@H](/C=C/c2ccc(Br)cn2)[C@@H]2CCCC[C@H]2C[C@H]1N. The summed E-state index contributed by atoms with van der Waals surface area (Å²) in [5.74, 6) is 1.56. The molecule has 0 bridgehead atoms. The van der Waals surface area contributed by atoms with E-state index in [1.165, 1.54) is 25.7 Å². The number of nitrogens with zero attached hydrogens (tertiary/aromatic N) is 1. The van der Waals surface area contributed by atoms with Crippen LogP contribution in [0.5, 0.6) is 0 Å². The fourth-order valence-corrected chi connectivity index (χ4v) is 5.24. The molecule has 2 aliphatic rings. The molecule has 154 valence electrons. The highest BCUT2D eigenvalue weighted by molar-refractivity contribution is 9.10. The first-order valence-electron chi connectivity index (χ1n) is 10.5. The second-order valence-corrected chi connectivity index (χ2v) is 10.3. The van der Waals surface area contributed by atoms with Gasteiger partial charge < -0.3 is 10.5 Å². The zero-order chi connectivity index (χ0) is 20.3. The summed E-state index contributed by atoms with van der Waals surface area (Å²) in [7, 11) is 0. The highest BCUT2D eigenvalue weighted by Gasteiger charge is 2.44. The number of halogens is 1. The molecule has 1 aromatic rings. The summed E-state index contributed by atoms with van der Waals surface area (Å²) in [5, 5.41) is 0. The van der Waals surface area contributed by atoms with Crippen molar-refractivity contribution >= 4 is 28.0 Å². The zero-order valence-electron chi connectivity index (χ0n) is 17.2. The predicted octanol–water partition coefficient (Wildman–Crippen LogP) is 5.36. The summed E-state index contributed by atoms with van der Waals surface area (Å²) in [6.07, 6.45) is 12.7. The molecule has 0 aromatic carbocycles. The van der Waals surface area contributed by atoms with E-state index in [1.807, 2.05) is 39.1 Å². The second kappa shape index (κ2) is 9.08. The Bertz CT molecular complexity index is 696. The van der Waals surface area contributed by atoms with Gasteiger partial charge in [-0.25, -0.2) is 0 Å². The lowest BCUT2D eigenvalue weighted by Crippen LogP contribution is -2.48. The molecule has 5 atom stereocenters. The highest BCUT2D eigenvalue weighted by atomic mass is 79.9. The second-order valence-electron chi connectivity index (χ2n) is 9.40. The lowest BCUT2D eigenvalue weighted by atomic mass is 9.59. The van der Waals surface area contributed by atoms with E-state index in [2.05, 4.69) is 33.1 Å². The van der Waals surface area contributed by atoms with Crippen LogP contribution in [0.1, 0.15) is 65.0 Å². The molecular weight excluding hydrogens is 416 g/mol. The number of carbonyl (C=O) groups excluding carboxylic acids is 1. The van der Waals surface area contributed by atoms with Crippen LogP contribution in [-0.2, 0) is 9.53 Å². The molecule has 0 radical (unpaired) electrons. The molecule has 28 heavy (non-hydrogen) atoms. The van der Waals surface area contributed by atoms with Gasteiger partial charge in [-0.05, 0) is 91.4 Å². The summed E-state index contributed by atoms with van der Waals surface area (Å²) in [6.45, 7) is 5.75. The molecule has 5 heteroatoms. The van der Waals surface area contributed by atoms with Gasteiger partial charge in [-0.3, -0.25) is 9.78 Å². The van der Waals surface area contributed by atoms with Gasteiger partial charge in [-0.15, -0.1) is 0 Å². The molecule has 2 fully saturated rings. The van der Waals surface area contributed by atoms with Gasteiger partial charge in [0.1, 0.15) is 5.60 Å². The van der Waals surface area contributed by atoms with Crippen LogP contribution in [0.25, 0.3) is 6.08 Å². The number of rotatable bonds is 4. The largest absolute Gasteiger partial charge is 0.460 e. The van der Waals surface area contributed by atoms with E-state index in [4.69, 9.17) is 10.5 Å². The molecule has 0 unspecified atom stereocenters. The Morgan fingerprint density at radius 3 is 2.75 bits per heavy atom. The van der Waals surface area contributed by atoms with Crippen LogP contribution < -0.4 is 5.73 Å². The minimum Gasteiger partial charge on any atom is -0.460 e. The topological polar surface area (TPSA) is 65.2 Å². The quantitative estimate of drug-likeness (QED) is 0.629. The molecule has 0 spiro atoms. The Hall–Kier alpha value is -1.20. The number of aromatic nitrogens is 1. The van der Waals surface area contributed by atoms with E-state index in [1.54, 1.807) is 0 Å². The minimum atomic E-state index is -0.462. The van der Waals surface area contributed by atoms with Gasteiger partial charge in [0.05, 0.1) is 12.1 Å². The van der Waals surface area contributed by atoms with Gasteiger partial charge in [0.15, 0.2) is 0 Å². The van der Waals surface area contributed by atoms with Crippen molar-refractivity contribution in [2.45, 2.75) is 70.9 Å². The number of hydrogen-bond donors (Lipinski definition) is 1. The molecule has 1 heterocycles. The monoisotopic (exact) mass is 448 g/mol. The molecule has 0 amide bonds. The highest BCUT2D eigenvalue weighted by Crippen LogP contribution is 2.47. The summed E-state index contributed by atoms with van der Waals surface area (Å²) in [4.78, 5) is 17.0. The number of hydrogen-bond acceptors (Lipinski definition) is 4. The number of nitrogens with two attached hydrogens (primary N) is 1. The lowest BCUT2D eigenvalue weighted by molar-refractivity contribution is -0.157. The van der Waals surface area contributed by atoms with E-state index in [0.717, 1.165) is 16.6 Å². The van der Waals surface area contributed by atoms with E-state index in [0.29, 0.717) is 24.2 Å². The van der Waals surface area contributed by atoms with Crippen molar-refractivity contribution in [1.82, 2.24) is 4.98 Å². The number of allylic oxidation sites excluding steroid dienone is 1. The minimum absolute atomic E-state index is 0.0411. The van der Waals surface area contributed by atoms with Crippen LogP contribution in [0.3, 0.4) is 0 Å². The van der Waals surface area contributed by atoms with Crippen molar-refractivity contribution in [3.63, 3.8) is 0 Å². The third-order valence-electron chi connectivity index (χ3n) is 6.14. The number of fused-ring (bicyclic) bond motifs is 1. The van der Waals surface area contributed by atoms with Crippen molar-refractivity contribution < 1.29 is 9.53 Å². The Morgan fingerprint density at radius 2 is 2.07 bits per heavy atom. The van der Waals surface area contributed by atoms with Crippen LogP contribution in [0.15, 0.2) is 28.9 Å².